The summed E-state index contributed by atoms with van der Waals surface area (Å²) in [5.74, 6) is 2.85. The van der Waals surface area contributed by atoms with Crippen LogP contribution in [0.15, 0.2) is 12.1 Å². The van der Waals surface area contributed by atoms with Crippen LogP contribution < -0.4 is 4.90 Å². The molecule has 0 aromatic carbocycles. The lowest BCUT2D eigenvalue weighted by molar-refractivity contribution is 0.0904. The Kier molecular flexibility index (Phi) is 3.81. The largest absolute Gasteiger partial charge is 0.393 e. The molecule has 1 aliphatic heterocycles. The lowest BCUT2D eigenvalue weighted by Crippen LogP contribution is -2.43. The smallest absolute Gasteiger partial charge is 0.129 e. The Labute approximate surface area is 145 Å². The van der Waals surface area contributed by atoms with Gasteiger partial charge in [-0.25, -0.2) is 4.98 Å². The summed E-state index contributed by atoms with van der Waals surface area (Å²) in [7, 11) is 0. The predicted molar refractivity (Wildman–Crippen MR) is 96.2 cm³/mol. The van der Waals surface area contributed by atoms with E-state index in [0.717, 1.165) is 31.1 Å². The zero-order chi connectivity index (χ0) is 16.1. The normalized spacial score (nSPS) is 38.4. The molecule has 0 bridgehead atoms. The molecule has 4 aliphatic rings. The third kappa shape index (κ3) is 2.39. The van der Waals surface area contributed by atoms with E-state index in [2.05, 4.69) is 17.0 Å². The summed E-state index contributed by atoms with van der Waals surface area (Å²) in [5, 5.41) is 10.3. The maximum Gasteiger partial charge on any atom is 0.129 e. The highest BCUT2D eigenvalue weighted by molar-refractivity contribution is 5.47. The van der Waals surface area contributed by atoms with Gasteiger partial charge in [-0.3, -0.25) is 0 Å². The van der Waals surface area contributed by atoms with Crippen LogP contribution in [0.3, 0.4) is 0 Å². The highest BCUT2D eigenvalue weighted by Crippen LogP contribution is 2.50. The number of aliphatic hydroxyl groups is 1. The van der Waals surface area contributed by atoms with Gasteiger partial charge < -0.3 is 10.0 Å². The molecule has 1 aromatic heterocycles. The van der Waals surface area contributed by atoms with Crippen LogP contribution in [0.4, 0.5) is 5.82 Å². The molecule has 5 rings (SSSR count). The quantitative estimate of drug-likeness (QED) is 0.851. The summed E-state index contributed by atoms with van der Waals surface area (Å²) in [4.78, 5) is 7.82. The van der Waals surface area contributed by atoms with Crippen LogP contribution in [-0.4, -0.2) is 28.3 Å². The molecular formula is C21H30N2O. The van der Waals surface area contributed by atoms with Crippen LogP contribution in [0.2, 0.25) is 0 Å². The summed E-state index contributed by atoms with van der Waals surface area (Å²) in [6.07, 6.45) is 13.5. The van der Waals surface area contributed by atoms with Crippen molar-refractivity contribution in [2.24, 2.45) is 11.8 Å². The molecule has 3 aliphatic carbocycles. The fourth-order valence-electron chi connectivity index (χ4n) is 6.25. The lowest BCUT2D eigenvalue weighted by Gasteiger charge is -2.37. The monoisotopic (exact) mass is 326 g/mol. The third-order valence-corrected chi connectivity index (χ3v) is 7.32. The number of fused-ring (bicyclic) bond motifs is 4. The Bertz CT molecular complexity index is 616. The van der Waals surface area contributed by atoms with E-state index in [1.807, 2.05) is 0 Å². The molecule has 3 heteroatoms. The van der Waals surface area contributed by atoms with Crippen molar-refractivity contribution in [3.63, 3.8) is 0 Å². The van der Waals surface area contributed by atoms with E-state index in [0.29, 0.717) is 12.1 Å². The highest BCUT2D eigenvalue weighted by Gasteiger charge is 2.51. The van der Waals surface area contributed by atoms with Gasteiger partial charge in [0.05, 0.1) is 6.10 Å². The van der Waals surface area contributed by atoms with Crippen molar-refractivity contribution in [2.75, 3.05) is 4.90 Å². The molecule has 2 saturated carbocycles. The van der Waals surface area contributed by atoms with Crippen molar-refractivity contribution in [3.8, 4) is 0 Å². The standard InChI is InChI=1S/C21H30N2O/c24-15-10-11-17-16-6-2-4-8-19(16)23(20(17)13-15)21-12-9-14-5-1-3-7-18(14)22-21/h9,12,15-17,19-20,24H,1-8,10-11,13H2. The van der Waals surface area contributed by atoms with Gasteiger partial charge in [0.2, 0.25) is 0 Å². The molecule has 1 saturated heterocycles. The van der Waals surface area contributed by atoms with Gasteiger partial charge in [-0.1, -0.05) is 18.9 Å². The number of hydrogen-bond acceptors (Lipinski definition) is 3. The van der Waals surface area contributed by atoms with Crippen molar-refractivity contribution in [3.05, 3.63) is 23.4 Å². The van der Waals surface area contributed by atoms with Gasteiger partial charge in [0.15, 0.2) is 0 Å². The van der Waals surface area contributed by atoms with Crippen molar-refractivity contribution in [1.82, 2.24) is 4.98 Å². The van der Waals surface area contributed by atoms with Crippen LogP contribution >= 0.6 is 0 Å². The molecule has 3 fully saturated rings. The van der Waals surface area contributed by atoms with Crippen LogP contribution in [0, 0.1) is 11.8 Å². The first-order valence-electron chi connectivity index (χ1n) is 10.3. The van der Waals surface area contributed by atoms with E-state index in [9.17, 15) is 5.11 Å². The van der Waals surface area contributed by atoms with Crippen molar-refractivity contribution >= 4 is 5.82 Å². The minimum atomic E-state index is -0.105. The van der Waals surface area contributed by atoms with Crippen molar-refractivity contribution in [1.29, 1.82) is 0 Å². The number of aromatic nitrogens is 1. The third-order valence-electron chi connectivity index (χ3n) is 7.32. The van der Waals surface area contributed by atoms with E-state index in [-0.39, 0.29) is 6.10 Å². The van der Waals surface area contributed by atoms with Crippen molar-refractivity contribution < 1.29 is 5.11 Å². The number of aliphatic hydroxyl groups excluding tert-OH is 1. The SMILES string of the molecule is OC1CCC2C3CCCCC3N(c3ccc4c(n3)CCCC4)C2C1. The van der Waals surface area contributed by atoms with Crippen LogP contribution in [0.25, 0.3) is 0 Å². The summed E-state index contributed by atoms with van der Waals surface area (Å²) in [6.45, 7) is 0. The molecule has 0 radical (unpaired) electrons. The Hall–Kier alpha value is -1.09. The van der Waals surface area contributed by atoms with E-state index < -0.39 is 0 Å². The minimum absolute atomic E-state index is 0.105. The second-order valence-corrected chi connectivity index (χ2v) is 8.60. The van der Waals surface area contributed by atoms with Crippen LogP contribution in [-0.2, 0) is 12.8 Å². The maximum atomic E-state index is 10.3. The number of nitrogens with zero attached hydrogens (tertiary/aromatic N) is 2. The molecule has 1 N–H and O–H groups in total. The highest BCUT2D eigenvalue weighted by atomic mass is 16.3. The average Bonchev–Trinajstić information content (AvgIpc) is 2.94. The van der Waals surface area contributed by atoms with Gasteiger partial charge in [-0.2, -0.15) is 0 Å². The molecule has 24 heavy (non-hydrogen) atoms. The van der Waals surface area contributed by atoms with Gasteiger partial charge in [0.25, 0.3) is 0 Å². The summed E-state index contributed by atoms with van der Waals surface area (Å²) < 4.78 is 0. The average molecular weight is 326 g/mol. The van der Waals surface area contributed by atoms with E-state index >= 15 is 0 Å². The summed E-state index contributed by atoms with van der Waals surface area (Å²) >= 11 is 0. The van der Waals surface area contributed by atoms with Crippen molar-refractivity contribution in [2.45, 2.75) is 88.8 Å². The molecule has 5 unspecified atom stereocenters. The number of rotatable bonds is 1. The summed E-state index contributed by atoms with van der Waals surface area (Å²) in [6, 6.07) is 5.84. The lowest BCUT2D eigenvalue weighted by atomic mass is 9.73. The molecule has 3 nitrogen and oxygen atoms in total. The first-order chi connectivity index (χ1) is 11.8. The zero-order valence-corrected chi connectivity index (χ0v) is 14.7. The van der Waals surface area contributed by atoms with Gasteiger partial charge in [0, 0.05) is 17.8 Å². The number of aryl methyl sites for hydroxylation is 2. The molecule has 1 aromatic rings. The maximum absolute atomic E-state index is 10.3. The molecule has 130 valence electrons. The molecule has 2 heterocycles. The van der Waals surface area contributed by atoms with E-state index in [4.69, 9.17) is 4.98 Å². The molecule has 5 atom stereocenters. The minimum Gasteiger partial charge on any atom is -0.393 e. The van der Waals surface area contributed by atoms with Gasteiger partial charge in [0.1, 0.15) is 5.82 Å². The fraction of sp³-hybridized carbons (Fsp3) is 0.762. The first-order valence-corrected chi connectivity index (χ1v) is 10.3. The van der Waals surface area contributed by atoms with Gasteiger partial charge in [-0.15, -0.1) is 0 Å². The van der Waals surface area contributed by atoms with Crippen LogP contribution in [0.5, 0.6) is 0 Å². The van der Waals surface area contributed by atoms with Crippen LogP contribution in [0.1, 0.15) is 69.0 Å². The topological polar surface area (TPSA) is 36.4 Å². The molecular weight excluding hydrogens is 296 g/mol. The Morgan fingerprint density at radius 3 is 2.67 bits per heavy atom. The zero-order valence-electron chi connectivity index (χ0n) is 14.7. The second-order valence-electron chi connectivity index (χ2n) is 8.60. The summed E-state index contributed by atoms with van der Waals surface area (Å²) in [5.41, 5.74) is 2.83. The molecule has 0 amide bonds. The predicted octanol–water partition coefficient (Wildman–Crippen LogP) is 3.87. The first kappa shape index (κ1) is 15.2. The Morgan fingerprint density at radius 1 is 0.875 bits per heavy atom. The molecule has 0 spiro atoms. The Morgan fingerprint density at radius 2 is 1.71 bits per heavy atom. The number of hydrogen-bond donors (Lipinski definition) is 1. The second kappa shape index (κ2) is 6.01. The number of anilines is 1. The van der Waals surface area contributed by atoms with E-state index in [1.165, 1.54) is 68.4 Å². The van der Waals surface area contributed by atoms with Gasteiger partial charge in [-0.05, 0) is 81.3 Å². The van der Waals surface area contributed by atoms with E-state index in [1.54, 1.807) is 0 Å². The fourth-order valence-corrected chi connectivity index (χ4v) is 6.25. The number of pyridine rings is 1. The Balaban J connectivity index is 1.52. The van der Waals surface area contributed by atoms with Gasteiger partial charge >= 0.3 is 0 Å².